The fraction of sp³-hybridized carbons (Fsp3) is 0.949. The van der Waals surface area contributed by atoms with Crippen molar-refractivity contribution in [3.8, 4) is 0 Å². The van der Waals surface area contributed by atoms with Crippen molar-refractivity contribution in [2.75, 3.05) is 33.0 Å². The third-order valence-electron chi connectivity index (χ3n) is 23.1. The molecule has 86 heavy (non-hydrogen) atoms. The molecule has 494 valence electrons. The van der Waals surface area contributed by atoms with Crippen molar-refractivity contribution >= 4 is 5.97 Å². The Bertz CT molecular complexity index is 2380. The van der Waals surface area contributed by atoms with Gasteiger partial charge in [0, 0.05) is 0 Å². The highest BCUT2D eigenvalue weighted by Gasteiger charge is 2.70. The molecule has 16 N–H and O–H groups in total. The topological polar surface area (TPSA) is 433 Å². The van der Waals surface area contributed by atoms with Crippen molar-refractivity contribution in [2.24, 2.45) is 50.2 Å². The number of carbonyl (C=O) groups is 1. The highest BCUT2D eigenvalue weighted by atomic mass is 16.8. The zero-order valence-electron chi connectivity index (χ0n) is 50.0. The lowest BCUT2D eigenvalue weighted by Crippen LogP contribution is -2.67. The Labute approximate surface area is 499 Å². The summed E-state index contributed by atoms with van der Waals surface area (Å²) in [5, 5.41) is 171. The fourth-order valence-corrected chi connectivity index (χ4v) is 17.6. The summed E-state index contributed by atoms with van der Waals surface area (Å²) in [6.07, 6.45) is -31.7. The first kappa shape index (κ1) is 67.1. The number of rotatable bonds is 14. The van der Waals surface area contributed by atoms with Crippen LogP contribution in [0, 0.1) is 50.2 Å². The molecule has 0 aromatic carbocycles. The summed E-state index contributed by atoms with van der Waals surface area (Å²) >= 11 is 0. The second-order valence-corrected chi connectivity index (χ2v) is 28.7. The Kier molecular flexibility index (Phi) is 19.4. The molecule has 0 amide bonds. The molecule has 0 aromatic heterocycles. The van der Waals surface area contributed by atoms with Gasteiger partial charge < -0.3 is 129 Å². The quantitative estimate of drug-likeness (QED) is 0.0454. The van der Waals surface area contributed by atoms with Crippen molar-refractivity contribution in [1.29, 1.82) is 0 Å². The lowest BCUT2D eigenvalue weighted by molar-refractivity contribution is -0.389. The van der Waals surface area contributed by atoms with Crippen molar-refractivity contribution in [2.45, 2.75) is 266 Å². The van der Waals surface area contributed by atoms with Crippen LogP contribution in [-0.4, -0.2) is 274 Å². The van der Waals surface area contributed by atoms with Gasteiger partial charge in [-0.25, -0.2) is 0 Å². The van der Waals surface area contributed by atoms with Gasteiger partial charge in [-0.2, -0.15) is 0 Å². The predicted molar refractivity (Wildman–Crippen MR) is 289 cm³/mol. The lowest BCUT2D eigenvalue weighted by Gasteiger charge is -2.71. The third kappa shape index (κ3) is 11.3. The van der Waals surface area contributed by atoms with Crippen LogP contribution >= 0.6 is 0 Å². The molecule has 0 spiro atoms. The Hall–Kier alpha value is -1.79. The number of hydrogen-bond donors (Lipinski definition) is 16. The number of esters is 1. The second-order valence-electron chi connectivity index (χ2n) is 28.7. The predicted octanol–water partition coefficient (Wildman–Crippen LogP) is -3.57. The van der Waals surface area contributed by atoms with Crippen LogP contribution in [0.15, 0.2) is 11.6 Å². The summed E-state index contributed by atoms with van der Waals surface area (Å²) < 4.78 is 60.3. The van der Waals surface area contributed by atoms with Gasteiger partial charge in [0.05, 0.1) is 44.6 Å². The van der Waals surface area contributed by atoms with Gasteiger partial charge in [0.15, 0.2) is 25.2 Å². The Morgan fingerprint density at radius 1 is 0.523 bits per heavy atom. The number of hydrogen-bond acceptors (Lipinski definition) is 27. The minimum atomic E-state index is -1.90. The largest absolute Gasteiger partial charge is 0.432 e. The number of ether oxygens (including phenoxy) is 10. The van der Waals surface area contributed by atoms with E-state index in [0.717, 1.165) is 12.8 Å². The van der Waals surface area contributed by atoms with Gasteiger partial charge in [0.1, 0.15) is 116 Å². The number of aliphatic hydroxyl groups excluding tert-OH is 16. The molecule has 32 atom stereocenters. The van der Waals surface area contributed by atoms with E-state index in [0.29, 0.717) is 51.4 Å². The number of carbonyl (C=O) groups excluding carboxylic acids is 1. The van der Waals surface area contributed by atoms with Crippen LogP contribution in [0.25, 0.3) is 0 Å². The number of fused-ring (bicyclic) bond motifs is 7. The normalized spacial score (nSPS) is 53.6. The summed E-state index contributed by atoms with van der Waals surface area (Å²) in [6.45, 7) is 12.5. The van der Waals surface area contributed by atoms with E-state index in [1.807, 2.05) is 0 Å². The highest BCUT2D eigenvalue weighted by Crippen LogP contribution is 2.76. The SMILES string of the molecule is CC1(C)CC[C@]2(C(=O)O[C@@H]3O[C@H](CO[C@@H]4O[C@H](CO)[C@@H](O)[C@H](O)[C@H]4O)[C@@H](O)[C@H](O)[C@H]3O)CC[C@]3(C)C(=CC[C@@H]4[C@@]5(C)CC[C@H](O[C@@H]6OC[C@H](O)[C@H](O[C@@H]7O[C@H](CO)[C@@H](O)[C@H](O)[C@H]7O)[C@H]6O[C@@H]6O[C@H](CO)[C@@H](O)[C@H](O)[C@H]6O)C(C)(C)[C@@H]5CC[C@]43C)[C@H]2C1. The Morgan fingerprint density at radius 2 is 1.02 bits per heavy atom. The number of allylic oxidation sites excluding steroid dienone is 2. The monoisotopic (exact) mass is 1240 g/mol. The molecule has 10 aliphatic rings. The average Bonchev–Trinajstić information content (AvgIpc) is 0.685. The Morgan fingerprint density at radius 3 is 1.59 bits per heavy atom. The molecule has 10 rings (SSSR count). The van der Waals surface area contributed by atoms with Gasteiger partial charge in [0.2, 0.25) is 6.29 Å². The zero-order chi connectivity index (χ0) is 62.7. The molecule has 9 fully saturated rings. The van der Waals surface area contributed by atoms with Crippen molar-refractivity contribution in [3.63, 3.8) is 0 Å². The summed E-state index contributed by atoms with van der Waals surface area (Å²) in [7, 11) is 0. The van der Waals surface area contributed by atoms with Crippen LogP contribution in [0.4, 0.5) is 0 Å². The first-order chi connectivity index (χ1) is 40.3. The highest BCUT2D eigenvalue weighted by molar-refractivity contribution is 5.79. The average molecular weight is 1240 g/mol. The van der Waals surface area contributed by atoms with E-state index in [1.165, 1.54) is 5.57 Å². The van der Waals surface area contributed by atoms with Crippen molar-refractivity contribution < 1.29 is 134 Å². The molecule has 0 bridgehead atoms. The molecule has 5 heterocycles. The van der Waals surface area contributed by atoms with Crippen LogP contribution < -0.4 is 0 Å². The maximum absolute atomic E-state index is 15.2. The molecule has 5 aliphatic heterocycles. The maximum Gasteiger partial charge on any atom is 0.315 e. The van der Waals surface area contributed by atoms with Gasteiger partial charge >= 0.3 is 5.97 Å². The van der Waals surface area contributed by atoms with E-state index < -0.39 is 203 Å². The molecular weight excluding hydrogens is 1140 g/mol. The smallest absolute Gasteiger partial charge is 0.315 e. The fourth-order valence-electron chi connectivity index (χ4n) is 17.6. The van der Waals surface area contributed by atoms with Crippen LogP contribution in [0.5, 0.6) is 0 Å². The van der Waals surface area contributed by atoms with E-state index in [9.17, 15) is 81.7 Å². The van der Waals surface area contributed by atoms with Gasteiger partial charge in [-0.05, 0) is 109 Å². The molecule has 4 saturated carbocycles. The van der Waals surface area contributed by atoms with E-state index in [-0.39, 0.29) is 39.4 Å². The lowest BCUT2D eigenvalue weighted by atomic mass is 9.33. The molecule has 27 heteroatoms. The summed E-state index contributed by atoms with van der Waals surface area (Å²) in [5.74, 6) is -0.670. The molecule has 27 nitrogen and oxygen atoms in total. The molecule has 5 aliphatic carbocycles. The maximum atomic E-state index is 15.2. The minimum Gasteiger partial charge on any atom is -0.432 e. The molecule has 0 radical (unpaired) electrons. The van der Waals surface area contributed by atoms with Crippen molar-refractivity contribution in [3.05, 3.63) is 11.6 Å². The molecule has 0 unspecified atom stereocenters. The van der Waals surface area contributed by atoms with Crippen molar-refractivity contribution in [1.82, 2.24) is 0 Å². The second kappa shape index (κ2) is 24.9. The first-order valence-electron chi connectivity index (χ1n) is 30.7. The minimum absolute atomic E-state index is 0.0547. The summed E-state index contributed by atoms with van der Waals surface area (Å²) in [4.78, 5) is 15.2. The third-order valence-corrected chi connectivity index (χ3v) is 23.1. The van der Waals surface area contributed by atoms with Crippen LogP contribution in [-0.2, 0) is 52.2 Å². The summed E-state index contributed by atoms with van der Waals surface area (Å²) in [6, 6.07) is 0. The van der Waals surface area contributed by atoms with Gasteiger partial charge in [0.25, 0.3) is 0 Å². The van der Waals surface area contributed by atoms with E-state index in [2.05, 4.69) is 54.5 Å². The zero-order valence-corrected chi connectivity index (χ0v) is 50.0. The van der Waals surface area contributed by atoms with Gasteiger partial charge in [-0.1, -0.05) is 60.1 Å². The van der Waals surface area contributed by atoms with E-state index >= 15 is 4.79 Å². The van der Waals surface area contributed by atoms with E-state index in [1.54, 1.807) is 0 Å². The van der Waals surface area contributed by atoms with Crippen LogP contribution in [0.2, 0.25) is 0 Å². The Balaban J connectivity index is 0.877. The number of aliphatic hydroxyl groups is 16. The van der Waals surface area contributed by atoms with Crippen LogP contribution in [0.1, 0.15) is 113 Å². The molecule has 0 aromatic rings. The van der Waals surface area contributed by atoms with Gasteiger partial charge in [-0.3, -0.25) is 4.79 Å². The summed E-state index contributed by atoms with van der Waals surface area (Å²) in [5.41, 5.74) is -1.54. The molecule has 5 saturated heterocycles. The standard InChI is InChI=1S/C59H96O27/c1-54(2)14-16-59(53(76)86-51-45(75)41(71)37(67)30(82-51)23-78-48-42(72)38(68)34(64)27(19-60)79-48)17-15-57(6)24(25(59)18-54)8-9-32-56(5)12-11-33(55(3,4)31(56)10-13-58(32,57)7)83-52-47(85-50-44(74)40(70)36(66)29(21-62)81-50)46(26(63)22-77-52)84-49-43(73)39(69)35(65)28(20-61)80-49/h8,25-52,60-75H,9-23H2,1-7H3/t25-,26+,27-,28-,29-,30-,31+,32-,33+,34-,35-,36-,37-,38+,39+,40+,41+,42-,43-,44-,45-,46+,47-,48-,49+,50+,51+,52+,56+,57-,58-,59+/m1/s1. The van der Waals surface area contributed by atoms with Gasteiger partial charge in [-0.15, -0.1) is 0 Å². The van der Waals surface area contributed by atoms with Crippen LogP contribution in [0.3, 0.4) is 0 Å². The van der Waals surface area contributed by atoms with E-state index in [4.69, 9.17) is 47.4 Å². The molecular formula is C59H96O27. The first-order valence-corrected chi connectivity index (χ1v) is 30.7.